The molecule has 2 aromatic carbocycles. The summed E-state index contributed by atoms with van der Waals surface area (Å²) >= 11 is 0. The largest absolute Gasteiger partial charge is 0.324 e. The first-order chi connectivity index (χ1) is 8.14. The Bertz CT molecular complexity index is 585. The van der Waals surface area contributed by atoms with Crippen molar-refractivity contribution in [3.63, 3.8) is 0 Å². The molecule has 0 amide bonds. The summed E-state index contributed by atoms with van der Waals surface area (Å²) in [6, 6.07) is 14.9. The highest BCUT2D eigenvalue weighted by Gasteiger charge is 2.34. The van der Waals surface area contributed by atoms with Gasteiger partial charge in [0, 0.05) is 11.1 Å². The van der Waals surface area contributed by atoms with Crippen molar-refractivity contribution in [1.29, 1.82) is 0 Å². The van der Waals surface area contributed by atoms with Gasteiger partial charge in [0.25, 0.3) is 0 Å². The van der Waals surface area contributed by atoms with E-state index in [1.165, 1.54) is 22.3 Å². The summed E-state index contributed by atoms with van der Waals surface area (Å²) in [6.45, 7) is 4.52. The maximum atomic E-state index is 5.49. The molecule has 2 nitrogen and oxygen atoms in total. The lowest BCUT2D eigenvalue weighted by Gasteiger charge is -2.21. The first kappa shape index (κ1) is 10.4. The van der Waals surface area contributed by atoms with Crippen LogP contribution in [0.4, 0.5) is 5.69 Å². The fourth-order valence-corrected chi connectivity index (χ4v) is 2.79. The number of benzene rings is 2. The Kier molecular flexibility index (Phi) is 2.04. The fraction of sp³-hybridized carbons (Fsp3) is 0.200. The van der Waals surface area contributed by atoms with Crippen molar-refractivity contribution in [2.24, 2.45) is 5.84 Å². The lowest BCUT2D eigenvalue weighted by molar-refractivity contribution is 0.660. The van der Waals surface area contributed by atoms with E-state index < -0.39 is 0 Å². The molecule has 0 aliphatic heterocycles. The number of nitrogen functional groups attached to an aromatic ring is 1. The van der Waals surface area contributed by atoms with Crippen LogP contribution in [-0.4, -0.2) is 0 Å². The summed E-state index contributed by atoms with van der Waals surface area (Å²) in [5, 5.41) is 0. The smallest absolute Gasteiger partial charge is 0.0488 e. The number of hydrogen-bond donors (Lipinski definition) is 2. The number of rotatable bonds is 1. The van der Waals surface area contributed by atoms with Crippen LogP contribution in [0.5, 0.6) is 0 Å². The van der Waals surface area contributed by atoms with Gasteiger partial charge < -0.3 is 5.43 Å². The van der Waals surface area contributed by atoms with E-state index in [1.807, 2.05) is 6.07 Å². The second-order valence-corrected chi connectivity index (χ2v) is 5.08. The van der Waals surface area contributed by atoms with Crippen molar-refractivity contribution in [2.75, 3.05) is 5.43 Å². The molecule has 3 N–H and O–H groups in total. The maximum absolute atomic E-state index is 5.49. The lowest BCUT2D eigenvalue weighted by Crippen LogP contribution is -2.15. The van der Waals surface area contributed by atoms with Crippen LogP contribution in [0.1, 0.15) is 25.0 Å². The molecule has 0 saturated carbocycles. The normalized spacial score (nSPS) is 15.2. The summed E-state index contributed by atoms with van der Waals surface area (Å²) in [5.41, 5.74) is 9.14. The van der Waals surface area contributed by atoms with E-state index >= 15 is 0 Å². The van der Waals surface area contributed by atoms with Crippen LogP contribution < -0.4 is 11.3 Å². The minimum Gasteiger partial charge on any atom is -0.324 e. The third-order valence-corrected chi connectivity index (χ3v) is 3.75. The zero-order chi connectivity index (χ0) is 12.0. The highest BCUT2D eigenvalue weighted by Crippen LogP contribution is 2.48. The van der Waals surface area contributed by atoms with Crippen LogP contribution in [0.3, 0.4) is 0 Å². The molecule has 0 aromatic heterocycles. The van der Waals surface area contributed by atoms with Gasteiger partial charge in [-0.25, -0.2) is 0 Å². The number of fused-ring (bicyclic) bond motifs is 3. The van der Waals surface area contributed by atoms with Crippen LogP contribution in [0, 0.1) is 0 Å². The summed E-state index contributed by atoms with van der Waals surface area (Å²) in [4.78, 5) is 0. The average Bonchev–Trinajstić information content (AvgIpc) is 2.59. The van der Waals surface area contributed by atoms with Gasteiger partial charge in [0.15, 0.2) is 0 Å². The number of anilines is 1. The summed E-state index contributed by atoms with van der Waals surface area (Å²) < 4.78 is 0. The molecule has 1 aliphatic rings. The SMILES string of the molecule is CC1(C)c2ccccc2-c2ccc(NN)cc21. The van der Waals surface area contributed by atoms with E-state index in [0.717, 1.165) is 5.69 Å². The van der Waals surface area contributed by atoms with E-state index in [9.17, 15) is 0 Å². The summed E-state index contributed by atoms with van der Waals surface area (Å²) in [6.07, 6.45) is 0. The Balaban J connectivity index is 2.32. The molecule has 86 valence electrons. The van der Waals surface area contributed by atoms with Crippen molar-refractivity contribution in [3.05, 3.63) is 53.6 Å². The molecule has 0 spiro atoms. The fourth-order valence-electron chi connectivity index (χ4n) is 2.79. The van der Waals surface area contributed by atoms with Gasteiger partial charge in [0.1, 0.15) is 0 Å². The second kappa shape index (κ2) is 3.34. The molecule has 0 unspecified atom stereocenters. The molecular formula is C15H16N2. The molecule has 0 heterocycles. The topological polar surface area (TPSA) is 38.0 Å². The highest BCUT2D eigenvalue weighted by atomic mass is 15.2. The Morgan fingerprint density at radius 3 is 2.41 bits per heavy atom. The van der Waals surface area contributed by atoms with Gasteiger partial charge in [-0.05, 0) is 34.4 Å². The number of nitrogens with one attached hydrogen (secondary N) is 1. The molecule has 3 rings (SSSR count). The van der Waals surface area contributed by atoms with Gasteiger partial charge in [-0.3, -0.25) is 5.84 Å². The van der Waals surface area contributed by atoms with Gasteiger partial charge >= 0.3 is 0 Å². The van der Waals surface area contributed by atoms with Gasteiger partial charge in [0.2, 0.25) is 0 Å². The molecule has 0 saturated heterocycles. The number of hydrazine groups is 1. The van der Waals surface area contributed by atoms with Gasteiger partial charge in [-0.2, -0.15) is 0 Å². The minimum atomic E-state index is 0.0544. The van der Waals surface area contributed by atoms with Crippen molar-refractivity contribution in [1.82, 2.24) is 0 Å². The Labute approximate surface area is 101 Å². The molecule has 0 radical (unpaired) electrons. The minimum absolute atomic E-state index is 0.0544. The monoisotopic (exact) mass is 224 g/mol. The number of nitrogens with two attached hydrogens (primary N) is 1. The molecule has 0 fully saturated rings. The zero-order valence-electron chi connectivity index (χ0n) is 10.1. The van der Waals surface area contributed by atoms with Crippen LogP contribution in [0.15, 0.2) is 42.5 Å². The average molecular weight is 224 g/mol. The van der Waals surface area contributed by atoms with Crippen molar-refractivity contribution in [3.8, 4) is 11.1 Å². The Morgan fingerprint density at radius 1 is 0.941 bits per heavy atom. The van der Waals surface area contributed by atoms with Crippen molar-refractivity contribution >= 4 is 5.69 Å². The van der Waals surface area contributed by atoms with Gasteiger partial charge in [-0.1, -0.05) is 44.2 Å². The standard InChI is InChI=1S/C15H16N2/c1-15(2)13-6-4-3-5-11(13)12-8-7-10(17-16)9-14(12)15/h3-9,17H,16H2,1-2H3. The predicted molar refractivity (Wildman–Crippen MR) is 71.8 cm³/mol. The van der Waals surface area contributed by atoms with Gasteiger partial charge in [0.05, 0.1) is 0 Å². The predicted octanol–water partition coefficient (Wildman–Crippen LogP) is 3.28. The Morgan fingerprint density at radius 2 is 1.65 bits per heavy atom. The van der Waals surface area contributed by atoms with Crippen LogP contribution in [-0.2, 0) is 5.41 Å². The molecule has 17 heavy (non-hydrogen) atoms. The van der Waals surface area contributed by atoms with Crippen molar-refractivity contribution in [2.45, 2.75) is 19.3 Å². The van der Waals surface area contributed by atoms with E-state index in [4.69, 9.17) is 5.84 Å². The van der Waals surface area contributed by atoms with Crippen LogP contribution in [0.2, 0.25) is 0 Å². The molecule has 1 aliphatic carbocycles. The quantitative estimate of drug-likeness (QED) is 0.576. The molecule has 2 heteroatoms. The van der Waals surface area contributed by atoms with E-state index in [1.54, 1.807) is 0 Å². The third kappa shape index (κ3) is 1.31. The van der Waals surface area contributed by atoms with E-state index in [2.05, 4.69) is 55.7 Å². The van der Waals surface area contributed by atoms with Gasteiger partial charge in [-0.15, -0.1) is 0 Å². The lowest BCUT2D eigenvalue weighted by atomic mass is 9.82. The number of hydrogen-bond acceptors (Lipinski definition) is 2. The molecule has 0 atom stereocenters. The first-order valence-electron chi connectivity index (χ1n) is 5.85. The maximum Gasteiger partial charge on any atom is 0.0488 e. The van der Waals surface area contributed by atoms with Crippen molar-refractivity contribution < 1.29 is 0 Å². The van der Waals surface area contributed by atoms with Crippen LogP contribution in [0.25, 0.3) is 11.1 Å². The first-order valence-corrected chi connectivity index (χ1v) is 5.85. The molecule has 0 bridgehead atoms. The van der Waals surface area contributed by atoms with Crippen LogP contribution >= 0.6 is 0 Å². The molecular weight excluding hydrogens is 208 g/mol. The zero-order valence-corrected chi connectivity index (χ0v) is 10.1. The Hall–Kier alpha value is -1.80. The summed E-state index contributed by atoms with van der Waals surface area (Å²) in [5.74, 6) is 5.49. The van der Waals surface area contributed by atoms with E-state index in [-0.39, 0.29) is 5.41 Å². The third-order valence-electron chi connectivity index (χ3n) is 3.75. The highest BCUT2D eigenvalue weighted by molar-refractivity contribution is 5.82. The van der Waals surface area contributed by atoms with E-state index in [0.29, 0.717) is 0 Å². The second-order valence-electron chi connectivity index (χ2n) is 5.08. The summed E-state index contributed by atoms with van der Waals surface area (Å²) in [7, 11) is 0. The molecule has 2 aromatic rings.